The molecule has 0 saturated heterocycles. The summed E-state index contributed by atoms with van der Waals surface area (Å²) in [5.74, 6) is -0.337. The molecule has 2 nitrogen and oxygen atoms in total. The molecule has 0 aliphatic heterocycles. The molecule has 0 heterocycles. The zero-order chi connectivity index (χ0) is 15.7. The molecule has 4 heteroatoms. The molecule has 0 bridgehead atoms. The van der Waals surface area contributed by atoms with Gasteiger partial charge in [-0.05, 0) is 47.0 Å². The van der Waals surface area contributed by atoms with Gasteiger partial charge in [-0.15, -0.1) is 0 Å². The standard InChI is InChI=1S/C17H25BrFNO/c1-3-5-7-11-20(12-8-6-4-2)17(21)15-10-9-14(19)13-16(15)18/h9-10,13H,3-8,11-12H2,1-2H3. The van der Waals surface area contributed by atoms with Crippen LogP contribution in [0.4, 0.5) is 4.39 Å². The first-order valence-electron chi connectivity index (χ1n) is 7.84. The van der Waals surface area contributed by atoms with Crippen molar-refractivity contribution in [2.45, 2.75) is 52.4 Å². The van der Waals surface area contributed by atoms with Gasteiger partial charge in [-0.1, -0.05) is 39.5 Å². The van der Waals surface area contributed by atoms with Crippen molar-refractivity contribution in [3.8, 4) is 0 Å². The van der Waals surface area contributed by atoms with E-state index in [0.29, 0.717) is 10.0 Å². The van der Waals surface area contributed by atoms with Crippen molar-refractivity contribution in [3.05, 3.63) is 34.1 Å². The van der Waals surface area contributed by atoms with E-state index in [2.05, 4.69) is 29.8 Å². The Morgan fingerprint density at radius 2 is 1.67 bits per heavy atom. The molecule has 1 aromatic rings. The van der Waals surface area contributed by atoms with Gasteiger partial charge in [0, 0.05) is 17.6 Å². The number of nitrogens with zero attached hydrogens (tertiary/aromatic N) is 1. The number of unbranched alkanes of at least 4 members (excludes halogenated alkanes) is 4. The highest BCUT2D eigenvalue weighted by Gasteiger charge is 2.17. The average Bonchev–Trinajstić information content (AvgIpc) is 2.45. The van der Waals surface area contributed by atoms with Gasteiger partial charge in [0.05, 0.1) is 5.56 Å². The van der Waals surface area contributed by atoms with Gasteiger partial charge in [0.25, 0.3) is 5.91 Å². The zero-order valence-electron chi connectivity index (χ0n) is 13.0. The van der Waals surface area contributed by atoms with Crippen molar-refractivity contribution >= 4 is 21.8 Å². The minimum atomic E-state index is -0.332. The van der Waals surface area contributed by atoms with Crippen molar-refractivity contribution in [2.75, 3.05) is 13.1 Å². The Morgan fingerprint density at radius 1 is 1.10 bits per heavy atom. The highest BCUT2D eigenvalue weighted by molar-refractivity contribution is 9.10. The molecule has 0 aromatic heterocycles. The maximum Gasteiger partial charge on any atom is 0.255 e. The zero-order valence-corrected chi connectivity index (χ0v) is 14.6. The molecule has 0 atom stereocenters. The smallest absolute Gasteiger partial charge is 0.255 e. The second kappa shape index (κ2) is 9.93. The van der Waals surface area contributed by atoms with Gasteiger partial charge < -0.3 is 4.90 Å². The van der Waals surface area contributed by atoms with Crippen LogP contribution in [0.5, 0.6) is 0 Å². The number of hydrogen-bond acceptors (Lipinski definition) is 1. The van der Waals surface area contributed by atoms with Gasteiger partial charge in [0.2, 0.25) is 0 Å². The van der Waals surface area contributed by atoms with Gasteiger partial charge in [-0.2, -0.15) is 0 Å². The van der Waals surface area contributed by atoms with Gasteiger partial charge in [-0.3, -0.25) is 4.79 Å². The number of carbonyl (C=O) groups excluding carboxylic acids is 1. The molecule has 0 radical (unpaired) electrons. The lowest BCUT2D eigenvalue weighted by atomic mass is 10.1. The molecule has 0 fully saturated rings. The van der Waals surface area contributed by atoms with E-state index in [0.717, 1.165) is 51.6 Å². The summed E-state index contributed by atoms with van der Waals surface area (Å²) in [5.41, 5.74) is 0.546. The molecule has 0 unspecified atom stereocenters. The third-order valence-electron chi connectivity index (χ3n) is 3.51. The predicted molar refractivity (Wildman–Crippen MR) is 89.1 cm³/mol. The minimum Gasteiger partial charge on any atom is -0.339 e. The van der Waals surface area contributed by atoms with Crippen molar-refractivity contribution in [2.24, 2.45) is 0 Å². The van der Waals surface area contributed by atoms with Gasteiger partial charge in [-0.25, -0.2) is 4.39 Å². The number of hydrogen-bond donors (Lipinski definition) is 0. The van der Waals surface area contributed by atoms with Gasteiger partial charge in [0.1, 0.15) is 5.82 Å². The van der Waals surface area contributed by atoms with Crippen molar-refractivity contribution in [3.63, 3.8) is 0 Å². The second-order valence-corrected chi connectivity index (χ2v) is 6.18. The Balaban J connectivity index is 2.76. The molecule has 118 valence electrons. The Kier molecular flexibility index (Phi) is 8.58. The highest BCUT2D eigenvalue weighted by atomic mass is 79.9. The van der Waals surface area contributed by atoms with Crippen LogP contribution in [0.15, 0.2) is 22.7 Å². The molecule has 1 rings (SSSR count). The van der Waals surface area contributed by atoms with Crippen LogP contribution in [-0.2, 0) is 0 Å². The topological polar surface area (TPSA) is 20.3 Å². The number of halogens is 2. The predicted octanol–water partition coefficient (Wildman–Crippen LogP) is 5.41. The first kappa shape index (κ1) is 18.1. The number of carbonyl (C=O) groups is 1. The van der Waals surface area contributed by atoms with Gasteiger partial charge >= 0.3 is 0 Å². The molecule has 21 heavy (non-hydrogen) atoms. The van der Waals surface area contributed by atoms with Crippen molar-refractivity contribution in [1.82, 2.24) is 4.90 Å². The lowest BCUT2D eigenvalue weighted by Crippen LogP contribution is -2.33. The molecule has 0 aliphatic rings. The SMILES string of the molecule is CCCCCN(CCCCC)C(=O)c1ccc(F)cc1Br. The van der Waals surface area contributed by atoms with Crippen LogP contribution in [0, 0.1) is 5.82 Å². The monoisotopic (exact) mass is 357 g/mol. The molecule has 0 saturated carbocycles. The van der Waals surface area contributed by atoms with E-state index in [9.17, 15) is 9.18 Å². The third kappa shape index (κ3) is 6.16. The fourth-order valence-corrected chi connectivity index (χ4v) is 2.77. The fourth-order valence-electron chi connectivity index (χ4n) is 2.25. The molecular weight excluding hydrogens is 333 g/mol. The van der Waals surface area contributed by atoms with E-state index in [1.807, 2.05) is 4.90 Å². The summed E-state index contributed by atoms with van der Waals surface area (Å²) < 4.78 is 13.7. The summed E-state index contributed by atoms with van der Waals surface area (Å²) in [6.07, 6.45) is 6.57. The number of amides is 1. The van der Waals surface area contributed by atoms with Crippen molar-refractivity contribution in [1.29, 1.82) is 0 Å². The van der Waals surface area contributed by atoms with E-state index in [1.54, 1.807) is 6.07 Å². The summed E-state index contributed by atoms with van der Waals surface area (Å²) in [5, 5.41) is 0. The Hall–Kier alpha value is -0.900. The lowest BCUT2D eigenvalue weighted by Gasteiger charge is -2.23. The van der Waals surface area contributed by atoms with Crippen LogP contribution < -0.4 is 0 Å². The largest absolute Gasteiger partial charge is 0.339 e. The van der Waals surface area contributed by atoms with Crippen LogP contribution in [-0.4, -0.2) is 23.9 Å². The Morgan fingerprint density at radius 3 is 2.14 bits per heavy atom. The quantitative estimate of drug-likeness (QED) is 0.541. The van der Waals surface area contributed by atoms with E-state index in [-0.39, 0.29) is 11.7 Å². The minimum absolute atomic E-state index is 0.00548. The molecule has 1 amide bonds. The molecule has 0 N–H and O–H groups in total. The first-order chi connectivity index (χ1) is 10.1. The van der Waals surface area contributed by atoms with E-state index >= 15 is 0 Å². The fraction of sp³-hybridized carbons (Fsp3) is 0.588. The van der Waals surface area contributed by atoms with Crippen LogP contribution in [0.3, 0.4) is 0 Å². The van der Waals surface area contributed by atoms with Crippen LogP contribution in [0.2, 0.25) is 0 Å². The third-order valence-corrected chi connectivity index (χ3v) is 4.17. The molecule has 1 aromatic carbocycles. The second-order valence-electron chi connectivity index (χ2n) is 5.33. The normalized spacial score (nSPS) is 10.7. The summed E-state index contributed by atoms with van der Waals surface area (Å²) in [6, 6.07) is 4.26. The summed E-state index contributed by atoms with van der Waals surface area (Å²) in [6.45, 7) is 5.86. The van der Waals surface area contributed by atoms with E-state index in [1.165, 1.54) is 12.1 Å². The Labute approximate surface area is 135 Å². The summed E-state index contributed by atoms with van der Waals surface area (Å²) in [4.78, 5) is 14.5. The summed E-state index contributed by atoms with van der Waals surface area (Å²) in [7, 11) is 0. The van der Waals surface area contributed by atoms with Gasteiger partial charge in [0.15, 0.2) is 0 Å². The first-order valence-corrected chi connectivity index (χ1v) is 8.63. The average molecular weight is 358 g/mol. The van der Waals surface area contributed by atoms with Crippen molar-refractivity contribution < 1.29 is 9.18 Å². The lowest BCUT2D eigenvalue weighted by molar-refractivity contribution is 0.0748. The van der Waals surface area contributed by atoms with Crippen LogP contribution >= 0.6 is 15.9 Å². The number of benzene rings is 1. The maximum atomic E-state index is 13.2. The molecule has 0 aliphatic carbocycles. The van der Waals surface area contributed by atoms with Crippen LogP contribution in [0.1, 0.15) is 62.7 Å². The summed E-state index contributed by atoms with van der Waals surface area (Å²) >= 11 is 3.29. The highest BCUT2D eigenvalue weighted by Crippen LogP contribution is 2.20. The van der Waals surface area contributed by atoms with Crippen LogP contribution in [0.25, 0.3) is 0 Å². The Bertz CT molecular complexity index is 440. The number of rotatable bonds is 9. The molecule has 0 spiro atoms. The molecular formula is C17H25BrFNO. The van der Waals surface area contributed by atoms with E-state index in [4.69, 9.17) is 0 Å². The van der Waals surface area contributed by atoms with E-state index < -0.39 is 0 Å². The maximum absolute atomic E-state index is 13.2.